The van der Waals surface area contributed by atoms with E-state index < -0.39 is 11.2 Å². The predicted octanol–water partition coefficient (Wildman–Crippen LogP) is 0.686. The zero-order chi connectivity index (χ0) is 21.0. The number of benzene rings is 1. The van der Waals surface area contributed by atoms with Gasteiger partial charge in [0.25, 0.3) is 5.56 Å². The molecule has 9 heteroatoms. The van der Waals surface area contributed by atoms with E-state index in [4.69, 9.17) is 0 Å². The summed E-state index contributed by atoms with van der Waals surface area (Å²) in [4.78, 5) is 56.8. The van der Waals surface area contributed by atoms with Gasteiger partial charge in [0.05, 0.1) is 10.9 Å². The summed E-state index contributed by atoms with van der Waals surface area (Å²) in [7, 11) is 0. The molecule has 156 valence electrons. The third-order valence-corrected chi connectivity index (χ3v) is 5.39. The lowest BCUT2D eigenvalue weighted by molar-refractivity contribution is -0.132. The predicted molar refractivity (Wildman–Crippen MR) is 110 cm³/mol. The molecular formula is C20H27N5O4. The number of aromatic nitrogens is 2. The standard InChI is InChI=1S/C20H27N5O4/c1-3-22(4-2)20(29)24-13-11-23(12-14-24)17(26)9-10-25-16-8-6-5-7-15(16)18(27)21-19(25)28/h5-8H,3-4,9-14H2,1-2H3,(H,21,27,28). The number of hydrogen-bond donors (Lipinski definition) is 1. The molecule has 1 saturated heterocycles. The molecule has 0 aliphatic carbocycles. The Labute approximate surface area is 168 Å². The Kier molecular flexibility index (Phi) is 6.36. The number of carbonyl (C=O) groups excluding carboxylic acids is 2. The summed E-state index contributed by atoms with van der Waals surface area (Å²) < 4.78 is 1.43. The van der Waals surface area contributed by atoms with Crippen molar-refractivity contribution in [3.8, 4) is 0 Å². The maximum absolute atomic E-state index is 12.6. The lowest BCUT2D eigenvalue weighted by Crippen LogP contribution is -2.54. The van der Waals surface area contributed by atoms with Crippen molar-refractivity contribution in [1.82, 2.24) is 24.3 Å². The van der Waals surface area contributed by atoms with Gasteiger partial charge < -0.3 is 14.7 Å². The minimum absolute atomic E-state index is 0.00774. The van der Waals surface area contributed by atoms with Gasteiger partial charge in [0.2, 0.25) is 5.91 Å². The number of fused-ring (bicyclic) bond motifs is 1. The lowest BCUT2D eigenvalue weighted by atomic mass is 10.2. The third-order valence-electron chi connectivity index (χ3n) is 5.39. The van der Waals surface area contributed by atoms with E-state index in [-0.39, 0.29) is 24.9 Å². The lowest BCUT2D eigenvalue weighted by Gasteiger charge is -2.37. The number of nitrogens with one attached hydrogen (secondary N) is 1. The third kappa shape index (κ3) is 4.33. The number of hydrogen-bond acceptors (Lipinski definition) is 4. The van der Waals surface area contributed by atoms with Crippen LogP contribution in [0.1, 0.15) is 20.3 Å². The van der Waals surface area contributed by atoms with Crippen LogP contribution in [0.15, 0.2) is 33.9 Å². The molecule has 29 heavy (non-hydrogen) atoms. The van der Waals surface area contributed by atoms with Crippen molar-refractivity contribution < 1.29 is 9.59 Å². The molecule has 1 aromatic carbocycles. The van der Waals surface area contributed by atoms with Gasteiger partial charge in [0.15, 0.2) is 0 Å². The Balaban J connectivity index is 1.62. The van der Waals surface area contributed by atoms with Gasteiger partial charge in [0, 0.05) is 52.2 Å². The molecule has 0 bridgehead atoms. The SMILES string of the molecule is CCN(CC)C(=O)N1CCN(C(=O)CCn2c(=O)[nH]c(=O)c3ccccc32)CC1. The van der Waals surface area contributed by atoms with E-state index in [1.807, 2.05) is 13.8 Å². The quantitative estimate of drug-likeness (QED) is 0.797. The van der Waals surface area contributed by atoms with E-state index in [0.717, 1.165) is 0 Å². The van der Waals surface area contributed by atoms with E-state index in [2.05, 4.69) is 4.98 Å². The van der Waals surface area contributed by atoms with E-state index in [1.165, 1.54) is 4.57 Å². The summed E-state index contributed by atoms with van der Waals surface area (Å²) in [5, 5.41) is 0.420. The Morgan fingerprint density at radius 2 is 1.62 bits per heavy atom. The first-order chi connectivity index (χ1) is 14.0. The van der Waals surface area contributed by atoms with Crippen LogP contribution in [0.2, 0.25) is 0 Å². The highest BCUT2D eigenvalue weighted by Gasteiger charge is 2.26. The van der Waals surface area contributed by atoms with Gasteiger partial charge in [-0.3, -0.25) is 19.1 Å². The summed E-state index contributed by atoms with van der Waals surface area (Å²) in [6.45, 7) is 7.37. The molecule has 0 unspecified atom stereocenters. The average Bonchev–Trinajstić information content (AvgIpc) is 2.74. The zero-order valence-corrected chi connectivity index (χ0v) is 16.9. The minimum atomic E-state index is -0.517. The fraction of sp³-hybridized carbons (Fsp3) is 0.500. The second-order valence-corrected chi connectivity index (χ2v) is 7.00. The van der Waals surface area contributed by atoms with Crippen LogP contribution < -0.4 is 11.2 Å². The number of carbonyl (C=O) groups is 2. The molecule has 0 spiro atoms. The second kappa shape index (κ2) is 8.93. The van der Waals surface area contributed by atoms with Crippen LogP contribution in [0.4, 0.5) is 4.79 Å². The van der Waals surface area contributed by atoms with Crippen LogP contribution in [0.3, 0.4) is 0 Å². The van der Waals surface area contributed by atoms with Crippen molar-refractivity contribution in [3.05, 3.63) is 45.1 Å². The monoisotopic (exact) mass is 401 g/mol. The Morgan fingerprint density at radius 3 is 2.28 bits per heavy atom. The van der Waals surface area contributed by atoms with Crippen molar-refractivity contribution >= 4 is 22.8 Å². The number of urea groups is 1. The van der Waals surface area contributed by atoms with Gasteiger partial charge in [-0.1, -0.05) is 12.1 Å². The topological polar surface area (TPSA) is 98.7 Å². The van der Waals surface area contributed by atoms with Crippen LogP contribution in [-0.4, -0.2) is 75.5 Å². The summed E-state index contributed by atoms with van der Waals surface area (Å²) in [5.74, 6) is -0.0675. The molecule has 1 fully saturated rings. The fourth-order valence-electron chi connectivity index (χ4n) is 3.67. The fourth-order valence-corrected chi connectivity index (χ4v) is 3.67. The second-order valence-electron chi connectivity index (χ2n) is 7.00. The Hall–Kier alpha value is -3.10. The van der Waals surface area contributed by atoms with Gasteiger partial charge in [-0.05, 0) is 26.0 Å². The molecule has 0 radical (unpaired) electrons. The van der Waals surface area contributed by atoms with Gasteiger partial charge in [-0.15, -0.1) is 0 Å². The number of aromatic amines is 1. The Bertz CT molecular complexity index is 1000. The molecule has 3 amide bonds. The summed E-state index contributed by atoms with van der Waals surface area (Å²) in [6, 6.07) is 6.85. The highest BCUT2D eigenvalue weighted by molar-refractivity contribution is 5.79. The molecular weight excluding hydrogens is 374 g/mol. The highest BCUT2D eigenvalue weighted by Crippen LogP contribution is 2.10. The zero-order valence-electron chi connectivity index (χ0n) is 16.9. The van der Waals surface area contributed by atoms with Crippen molar-refractivity contribution in [2.75, 3.05) is 39.3 Å². The highest BCUT2D eigenvalue weighted by atomic mass is 16.2. The number of rotatable bonds is 5. The number of aryl methyl sites for hydroxylation is 1. The Morgan fingerprint density at radius 1 is 1.00 bits per heavy atom. The van der Waals surface area contributed by atoms with E-state index in [0.29, 0.717) is 50.2 Å². The number of piperazine rings is 1. The molecule has 3 rings (SSSR count). The maximum Gasteiger partial charge on any atom is 0.328 e. The number of amides is 3. The van der Waals surface area contributed by atoms with Crippen LogP contribution in [0.5, 0.6) is 0 Å². The number of nitrogens with zero attached hydrogens (tertiary/aromatic N) is 4. The smallest absolute Gasteiger partial charge is 0.328 e. The van der Waals surface area contributed by atoms with E-state index >= 15 is 0 Å². The van der Waals surface area contributed by atoms with Crippen molar-refractivity contribution in [2.24, 2.45) is 0 Å². The first kappa shape index (κ1) is 20.6. The molecule has 1 N–H and O–H groups in total. The van der Waals surface area contributed by atoms with Gasteiger partial charge >= 0.3 is 11.7 Å². The van der Waals surface area contributed by atoms with Crippen molar-refractivity contribution in [2.45, 2.75) is 26.8 Å². The molecule has 9 nitrogen and oxygen atoms in total. The first-order valence-electron chi connectivity index (χ1n) is 9.99. The van der Waals surface area contributed by atoms with Crippen LogP contribution >= 0.6 is 0 Å². The average molecular weight is 401 g/mol. The van der Waals surface area contributed by atoms with Crippen LogP contribution in [0, 0.1) is 0 Å². The summed E-state index contributed by atoms with van der Waals surface area (Å²) >= 11 is 0. The van der Waals surface area contributed by atoms with Gasteiger partial charge in [-0.25, -0.2) is 9.59 Å². The molecule has 1 aliphatic rings. The molecule has 0 atom stereocenters. The molecule has 2 aromatic rings. The van der Waals surface area contributed by atoms with Crippen LogP contribution in [-0.2, 0) is 11.3 Å². The molecule has 0 saturated carbocycles. The minimum Gasteiger partial charge on any atom is -0.339 e. The number of H-pyrrole nitrogens is 1. The van der Waals surface area contributed by atoms with Gasteiger partial charge in [-0.2, -0.15) is 0 Å². The largest absolute Gasteiger partial charge is 0.339 e. The van der Waals surface area contributed by atoms with Crippen molar-refractivity contribution in [1.29, 1.82) is 0 Å². The maximum atomic E-state index is 12.6. The van der Waals surface area contributed by atoms with Gasteiger partial charge in [0.1, 0.15) is 0 Å². The summed E-state index contributed by atoms with van der Waals surface area (Å²) in [6.07, 6.45) is 0.153. The molecule has 2 heterocycles. The molecule has 1 aromatic heterocycles. The normalized spacial score (nSPS) is 14.3. The number of para-hydroxylation sites is 1. The van der Waals surface area contributed by atoms with E-state index in [9.17, 15) is 19.2 Å². The van der Waals surface area contributed by atoms with Crippen LogP contribution in [0.25, 0.3) is 10.9 Å². The first-order valence-corrected chi connectivity index (χ1v) is 9.99. The van der Waals surface area contributed by atoms with E-state index in [1.54, 1.807) is 39.0 Å². The molecule has 1 aliphatic heterocycles. The van der Waals surface area contributed by atoms with Crippen molar-refractivity contribution in [3.63, 3.8) is 0 Å². The summed E-state index contributed by atoms with van der Waals surface area (Å²) in [5.41, 5.74) is -0.429.